The number of carbonyl (C=O) groups is 3. The Morgan fingerprint density at radius 1 is 0.824 bits per heavy atom. The Labute approximate surface area is 197 Å². The van der Waals surface area contributed by atoms with Crippen molar-refractivity contribution in [1.82, 2.24) is 4.90 Å². The first kappa shape index (κ1) is 23.4. The van der Waals surface area contributed by atoms with Gasteiger partial charge < -0.3 is 4.74 Å². The number of benzene rings is 3. The third-order valence-corrected chi connectivity index (χ3v) is 7.69. The Kier molecular flexibility index (Phi) is 6.61. The van der Waals surface area contributed by atoms with Gasteiger partial charge in [-0.15, -0.1) is 0 Å². The minimum absolute atomic E-state index is 0.0283. The Morgan fingerprint density at radius 2 is 1.35 bits per heavy atom. The number of esters is 1. The fourth-order valence-corrected chi connectivity index (χ4v) is 5.59. The molecule has 0 aliphatic carbocycles. The maximum Gasteiger partial charge on any atom is 0.309 e. The molecule has 7 nitrogen and oxygen atoms in total. The number of ether oxygens (including phenoxy) is 1. The van der Waals surface area contributed by atoms with Crippen LogP contribution in [0.3, 0.4) is 0 Å². The Hall–Kier alpha value is -3.78. The molecule has 3 aromatic carbocycles. The molecule has 0 saturated carbocycles. The van der Waals surface area contributed by atoms with Crippen LogP contribution in [0.15, 0.2) is 83.8 Å². The molecule has 0 spiro atoms. The van der Waals surface area contributed by atoms with E-state index in [9.17, 15) is 22.8 Å². The minimum atomic E-state index is -3.83. The zero-order chi connectivity index (χ0) is 24.3. The topological polar surface area (TPSA) is 97.8 Å². The van der Waals surface area contributed by atoms with Crippen molar-refractivity contribution in [3.63, 3.8) is 0 Å². The molecule has 2 amide bonds. The average Bonchev–Trinajstić information content (AvgIpc) is 3.11. The van der Waals surface area contributed by atoms with Crippen LogP contribution in [0.25, 0.3) is 11.1 Å². The summed E-state index contributed by atoms with van der Waals surface area (Å²) in [4.78, 5) is 38.7. The molecule has 34 heavy (non-hydrogen) atoms. The number of nitrogens with zero attached hydrogens (tertiary/aromatic N) is 1. The highest BCUT2D eigenvalue weighted by atomic mass is 32.2. The predicted molar refractivity (Wildman–Crippen MR) is 126 cm³/mol. The van der Waals surface area contributed by atoms with Crippen molar-refractivity contribution >= 4 is 27.6 Å². The zero-order valence-corrected chi connectivity index (χ0v) is 19.3. The van der Waals surface area contributed by atoms with Gasteiger partial charge in [-0.3, -0.25) is 19.3 Å². The maximum absolute atomic E-state index is 13.1. The molecule has 0 aromatic heterocycles. The van der Waals surface area contributed by atoms with Crippen LogP contribution >= 0.6 is 0 Å². The number of hydrogen-bond donors (Lipinski definition) is 0. The average molecular weight is 478 g/mol. The fraction of sp³-hybridized carbons (Fsp3) is 0.192. The van der Waals surface area contributed by atoms with Gasteiger partial charge in [-0.25, -0.2) is 8.42 Å². The number of sulfone groups is 1. The third-order valence-electron chi connectivity index (χ3n) is 5.86. The molecule has 1 aliphatic heterocycles. The van der Waals surface area contributed by atoms with Crippen LogP contribution in [-0.2, 0) is 19.4 Å². The molecule has 1 unspecified atom stereocenters. The van der Waals surface area contributed by atoms with Crippen LogP contribution in [0.1, 0.15) is 27.1 Å². The van der Waals surface area contributed by atoms with Gasteiger partial charge in [0.15, 0.2) is 9.84 Å². The maximum atomic E-state index is 13.1. The third kappa shape index (κ3) is 4.63. The summed E-state index contributed by atoms with van der Waals surface area (Å²) in [5, 5.41) is 0. The van der Waals surface area contributed by atoms with E-state index >= 15 is 0 Å². The highest BCUT2D eigenvalue weighted by molar-refractivity contribution is 7.91. The minimum Gasteiger partial charge on any atom is -0.469 e. The summed E-state index contributed by atoms with van der Waals surface area (Å²) < 4.78 is 30.9. The Balaban J connectivity index is 1.48. The highest BCUT2D eigenvalue weighted by Gasteiger charge is 2.36. The lowest BCUT2D eigenvalue weighted by Crippen LogP contribution is -2.35. The number of rotatable bonds is 8. The summed E-state index contributed by atoms with van der Waals surface area (Å²) in [5.41, 5.74) is 2.43. The molecule has 0 fully saturated rings. The van der Waals surface area contributed by atoms with Gasteiger partial charge in [0.2, 0.25) is 0 Å². The molecule has 0 saturated heterocycles. The van der Waals surface area contributed by atoms with E-state index in [0.717, 1.165) is 16.0 Å². The molecule has 0 bridgehead atoms. The van der Waals surface area contributed by atoms with Gasteiger partial charge in [0.1, 0.15) is 0 Å². The summed E-state index contributed by atoms with van der Waals surface area (Å²) >= 11 is 0. The molecule has 1 atom stereocenters. The monoisotopic (exact) mass is 477 g/mol. The van der Waals surface area contributed by atoms with Gasteiger partial charge in [0, 0.05) is 6.54 Å². The van der Waals surface area contributed by atoms with E-state index in [1.807, 2.05) is 30.3 Å². The molecule has 0 radical (unpaired) electrons. The van der Waals surface area contributed by atoms with Crippen LogP contribution < -0.4 is 0 Å². The summed E-state index contributed by atoms with van der Waals surface area (Å²) in [6, 6.07) is 22.5. The standard InChI is InChI=1S/C26H23NO6S/c1-33-26(30)20(15-16-27-24(28)22-9-5-6-10-23(22)25(27)29)17-34(31,32)21-13-11-19(12-14-21)18-7-3-2-4-8-18/h2-14,20H,15-17H2,1H3. The first-order valence-corrected chi connectivity index (χ1v) is 12.4. The number of hydrogen-bond acceptors (Lipinski definition) is 6. The number of carbonyl (C=O) groups excluding carboxylic acids is 3. The predicted octanol–water partition coefficient (Wildman–Crippen LogP) is 3.60. The fourth-order valence-electron chi connectivity index (χ4n) is 4.01. The van der Waals surface area contributed by atoms with Gasteiger partial charge in [-0.2, -0.15) is 0 Å². The summed E-state index contributed by atoms with van der Waals surface area (Å²) in [6.45, 7) is -0.0887. The van der Waals surface area contributed by atoms with Crippen molar-refractivity contribution in [2.45, 2.75) is 11.3 Å². The van der Waals surface area contributed by atoms with Crippen molar-refractivity contribution in [1.29, 1.82) is 0 Å². The summed E-state index contributed by atoms with van der Waals surface area (Å²) in [6.07, 6.45) is -0.0283. The number of fused-ring (bicyclic) bond motifs is 1. The van der Waals surface area contributed by atoms with Gasteiger partial charge in [-0.05, 0) is 41.8 Å². The van der Waals surface area contributed by atoms with Gasteiger partial charge in [0.25, 0.3) is 11.8 Å². The van der Waals surface area contributed by atoms with Crippen molar-refractivity contribution in [3.8, 4) is 11.1 Å². The molecular formula is C26H23NO6S. The first-order valence-electron chi connectivity index (χ1n) is 10.7. The molecule has 1 aliphatic rings. The van der Waals surface area contributed by atoms with E-state index < -0.39 is 39.3 Å². The van der Waals surface area contributed by atoms with Crippen molar-refractivity contribution < 1.29 is 27.5 Å². The van der Waals surface area contributed by atoms with Crippen LogP contribution in [0, 0.1) is 5.92 Å². The Morgan fingerprint density at radius 3 is 1.91 bits per heavy atom. The van der Waals surface area contributed by atoms with Gasteiger partial charge in [0.05, 0.1) is 34.8 Å². The van der Waals surface area contributed by atoms with E-state index in [4.69, 9.17) is 4.74 Å². The zero-order valence-electron chi connectivity index (χ0n) is 18.5. The number of methoxy groups -OCH3 is 1. The second kappa shape index (κ2) is 9.61. The SMILES string of the molecule is COC(=O)C(CCN1C(=O)c2ccccc2C1=O)CS(=O)(=O)c1ccc(-c2ccccc2)cc1. The summed E-state index contributed by atoms with van der Waals surface area (Å²) in [7, 11) is -2.65. The molecule has 1 heterocycles. The smallest absolute Gasteiger partial charge is 0.309 e. The van der Waals surface area contributed by atoms with Gasteiger partial charge in [-0.1, -0.05) is 54.6 Å². The van der Waals surface area contributed by atoms with E-state index in [-0.39, 0.29) is 17.9 Å². The number of amides is 2. The summed E-state index contributed by atoms with van der Waals surface area (Å²) in [5.74, 6) is -3.14. The molecule has 4 rings (SSSR count). The highest BCUT2D eigenvalue weighted by Crippen LogP contribution is 2.26. The largest absolute Gasteiger partial charge is 0.469 e. The van der Waals surface area contributed by atoms with Gasteiger partial charge >= 0.3 is 5.97 Å². The van der Waals surface area contributed by atoms with E-state index in [2.05, 4.69) is 0 Å². The van der Waals surface area contributed by atoms with E-state index in [1.165, 1.54) is 19.2 Å². The molecule has 174 valence electrons. The molecule has 0 N–H and O–H groups in total. The second-order valence-corrected chi connectivity index (χ2v) is 10.0. The van der Waals surface area contributed by atoms with Crippen LogP contribution in [-0.4, -0.2) is 50.5 Å². The Bertz CT molecular complexity index is 1300. The number of imide groups is 1. The first-order chi connectivity index (χ1) is 16.3. The van der Waals surface area contributed by atoms with Crippen LogP contribution in [0.5, 0.6) is 0 Å². The lowest BCUT2D eigenvalue weighted by Gasteiger charge is -2.19. The van der Waals surface area contributed by atoms with Crippen LogP contribution in [0.2, 0.25) is 0 Å². The molecule has 3 aromatic rings. The van der Waals surface area contributed by atoms with Crippen LogP contribution in [0.4, 0.5) is 0 Å². The van der Waals surface area contributed by atoms with Crippen molar-refractivity contribution in [3.05, 3.63) is 90.0 Å². The normalized spacial score (nSPS) is 14.1. The van der Waals surface area contributed by atoms with E-state index in [0.29, 0.717) is 11.1 Å². The quantitative estimate of drug-likeness (QED) is 0.363. The lowest BCUT2D eigenvalue weighted by molar-refractivity contribution is -0.144. The lowest BCUT2D eigenvalue weighted by atomic mass is 10.1. The molecular weight excluding hydrogens is 454 g/mol. The van der Waals surface area contributed by atoms with E-state index in [1.54, 1.807) is 36.4 Å². The molecule has 8 heteroatoms. The van der Waals surface area contributed by atoms with Crippen molar-refractivity contribution in [2.24, 2.45) is 5.92 Å². The van der Waals surface area contributed by atoms with Crippen molar-refractivity contribution in [2.75, 3.05) is 19.4 Å². The second-order valence-electron chi connectivity index (χ2n) is 7.99.